The number of nitrogens with one attached hydrogen (secondary N) is 1. The van der Waals surface area contributed by atoms with Gasteiger partial charge in [-0.15, -0.1) is 0 Å². The lowest BCUT2D eigenvalue weighted by atomic mass is 9.85. The normalized spacial score (nSPS) is 22.3. The van der Waals surface area contributed by atoms with Crippen molar-refractivity contribution < 1.29 is 14.0 Å². The molecule has 0 saturated heterocycles. The Morgan fingerprint density at radius 1 is 1.39 bits per heavy atom. The molecule has 5 heteroatoms. The van der Waals surface area contributed by atoms with Crippen LogP contribution < -0.4 is 5.32 Å². The second-order valence-electron chi connectivity index (χ2n) is 5.42. The number of carbonyl (C=O) groups is 2. The molecule has 2 amide bonds. The molecule has 1 aromatic rings. The topological polar surface area (TPSA) is 71.7 Å². The second kappa shape index (κ2) is 6.04. The van der Waals surface area contributed by atoms with Gasteiger partial charge in [0.15, 0.2) is 0 Å². The number of fused-ring (bicyclic) bond motifs is 1. The van der Waals surface area contributed by atoms with Gasteiger partial charge in [-0.05, 0) is 44.2 Å². The highest BCUT2D eigenvalue weighted by Gasteiger charge is 2.27. The van der Waals surface area contributed by atoms with E-state index in [4.69, 9.17) is 4.42 Å². The fraction of sp³-hybridized carbons (Fsp3) is 0.167. The lowest BCUT2D eigenvalue weighted by Crippen LogP contribution is -2.35. The molecule has 116 valence electrons. The zero-order valence-electron chi connectivity index (χ0n) is 12.9. The summed E-state index contributed by atoms with van der Waals surface area (Å²) in [5.41, 5.74) is 3.01. The van der Waals surface area contributed by atoms with Crippen LogP contribution in [0.3, 0.4) is 0 Å². The number of hydrogen-bond acceptors (Lipinski definition) is 3. The van der Waals surface area contributed by atoms with Crippen molar-refractivity contribution in [2.75, 3.05) is 0 Å². The Labute approximate surface area is 133 Å². The van der Waals surface area contributed by atoms with Gasteiger partial charge in [0.05, 0.1) is 12.0 Å². The molecule has 1 aromatic heterocycles. The Balaban J connectivity index is 1.79. The lowest BCUT2D eigenvalue weighted by Gasteiger charge is -2.28. The third-order valence-corrected chi connectivity index (χ3v) is 3.93. The molecule has 0 radical (unpaired) electrons. The monoisotopic (exact) mass is 308 g/mol. The van der Waals surface area contributed by atoms with Gasteiger partial charge in [0.25, 0.3) is 11.8 Å². The number of hydrogen-bond donors (Lipinski definition) is 1. The maximum atomic E-state index is 11.9. The van der Waals surface area contributed by atoms with E-state index < -0.39 is 0 Å². The maximum Gasteiger partial charge on any atom is 0.270 e. The van der Waals surface area contributed by atoms with E-state index in [0.29, 0.717) is 11.5 Å². The van der Waals surface area contributed by atoms with Gasteiger partial charge < -0.3 is 9.73 Å². The van der Waals surface area contributed by atoms with Gasteiger partial charge >= 0.3 is 0 Å². The predicted molar refractivity (Wildman–Crippen MR) is 87.4 cm³/mol. The van der Waals surface area contributed by atoms with E-state index in [-0.39, 0.29) is 17.7 Å². The fourth-order valence-corrected chi connectivity index (χ4v) is 2.50. The highest BCUT2D eigenvalue weighted by Crippen LogP contribution is 2.29. The Hall–Kier alpha value is -2.95. The van der Waals surface area contributed by atoms with Crippen molar-refractivity contribution in [2.24, 2.45) is 10.9 Å². The highest BCUT2D eigenvalue weighted by molar-refractivity contribution is 6.13. The molecule has 0 saturated carbocycles. The molecular formula is C18H16N2O3. The van der Waals surface area contributed by atoms with Gasteiger partial charge in [-0.3, -0.25) is 9.59 Å². The molecule has 3 rings (SSSR count). The van der Waals surface area contributed by atoms with Crippen molar-refractivity contribution in [3.8, 4) is 0 Å². The SMILES string of the molecule is CC1=C(C)C2C=CC(=NC(=O)/C=C/c3ccco3)C=C2NC1=O. The summed E-state index contributed by atoms with van der Waals surface area (Å²) in [6.07, 6.45) is 9.91. The molecular weight excluding hydrogens is 292 g/mol. The molecule has 0 spiro atoms. The first-order valence-electron chi connectivity index (χ1n) is 7.27. The first-order chi connectivity index (χ1) is 11.0. The number of rotatable bonds is 2. The Kier molecular flexibility index (Phi) is 3.93. The van der Waals surface area contributed by atoms with Crippen LogP contribution in [0.4, 0.5) is 0 Å². The van der Waals surface area contributed by atoms with E-state index in [9.17, 15) is 9.59 Å². The summed E-state index contributed by atoms with van der Waals surface area (Å²) < 4.78 is 5.11. The van der Waals surface area contributed by atoms with Crippen LogP contribution in [0.5, 0.6) is 0 Å². The molecule has 1 atom stereocenters. The summed E-state index contributed by atoms with van der Waals surface area (Å²) in [6, 6.07) is 3.49. The maximum absolute atomic E-state index is 11.9. The lowest BCUT2D eigenvalue weighted by molar-refractivity contribution is -0.117. The third-order valence-electron chi connectivity index (χ3n) is 3.93. The number of carbonyl (C=O) groups excluding carboxylic acids is 2. The van der Waals surface area contributed by atoms with Crippen LogP contribution in [-0.4, -0.2) is 17.5 Å². The van der Waals surface area contributed by atoms with Crippen LogP contribution in [0.25, 0.3) is 6.08 Å². The molecule has 23 heavy (non-hydrogen) atoms. The van der Waals surface area contributed by atoms with E-state index in [1.807, 2.05) is 19.9 Å². The van der Waals surface area contributed by atoms with Crippen molar-refractivity contribution in [1.29, 1.82) is 0 Å². The molecule has 0 aromatic carbocycles. The van der Waals surface area contributed by atoms with E-state index in [1.165, 1.54) is 12.3 Å². The molecule has 1 N–H and O–H groups in total. The van der Waals surface area contributed by atoms with Crippen molar-refractivity contribution in [2.45, 2.75) is 13.8 Å². The third kappa shape index (κ3) is 3.13. The van der Waals surface area contributed by atoms with Crippen LogP contribution in [0.2, 0.25) is 0 Å². The van der Waals surface area contributed by atoms with Crippen molar-refractivity contribution in [3.63, 3.8) is 0 Å². The van der Waals surface area contributed by atoms with Gasteiger partial charge in [0.2, 0.25) is 0 Å². The summed E-state index contributed by atoms with van der Waals surface area (Å²) in [5.74, 6) is 0.137. The quantitative estimate of drug-likeness (QED) is 0.854. The largest absolute Gasteiger partial charge is 0.465 e. The molecule has 0 bridgehead atoms. The summed E-state index contributed by atoms with van der Waals surface area (Å²) in [5, 5.41) is 2.84. The summed E-state index contributed by atoms with van der Waals surface area (Å²) >= 11 is 0. The van der Waals surface area contributed by atoms with Crippen molar-refractivity contribution in [1.82, 2.24) is 5.32 Å². The van der Waals surface area contributed by atoms with Crippen molar-refractivity contribution >= 4 is 23.6 Å². The van der Waals surface area contributed by atoms with Gasteiger partial charge in [-0.25, -0.2) is 4.99 Å². The fourth-order valence-electron chi connectivity index (χ4n) is 2.50. The van der Waals surface area contributed by atoms with Gasteiger partial charge in [0.1, 0.15) is 5.76 Å². The number of furan rings is 1. The van der Waals surface area contributed by atoms with Crippen molar-refractivity contribution in [3.05, 3.63) is 65.3 Å². The molecule has 1 aliphatic heterocycles. The van der Waals surface area contributed by atoms with Crippen LogP contribution >= 0.6 is 0 Å². The average molecular weight is 308 g/mol. The van der Waals surface area contributed by atoms with E-state index in [2.05, 4.69) is 10.3 Å². The average Bonchev–Trinajstić information content (AvgIpc) is 3.04. The minimum Gasteiger partial charge on any atom is -0.465 e. The van der Waals surface area contributed by atoms with Crippen LogP contribution in [0.15, 0.2) is 69.0 Å². The molecule has 0 fully saturated rings. The van der Waals surface area contributed by atoms with Gasteiger partial charge in [0, 0.05) is 23.3 Å². The Bertz CT molecular complexity index is 805. The molecule has 2 heterocycles. The van der Waals surface area contributed by atoms with Gasteiger partial charge in [-0.1, -0.05) is 11.6 Å². The predicted octanol–water partition coefficient (Wildman–Crippen LogP) is 2.80. The number of amides is 2. The first-order valence-corrected chi connectivity index (χ1v) is 7.27. The Morgan fingerprint density at radius 2 is 2.22 bits per heavy atom. The number of nitrogens with zero attached hydrogens (tertiary/aromatic N) is 1. The molecule has 1 unspecified atom stereocenters. The second-order valence-corrected chi connectivity index (χ2v) is 5.42. The zero-order valence-corrected chi connectivity index (χ0v) is 12.9. The summed E-state index contributed by atoms with van der Waals surface area (Å²) in [7, 11) is 0. The standard InChI is InChI=1S/C18H16N2O3/c1-11-12(2)18(22)20-16-10-13(5-7-15(11)16)19-17(21)8-6-14-4-3-9-23-14/h3-10,15H,1-2H3,(H,20,22)/b8-6+,19-13?. The van der Waals surface area contributed by atoms with Gasteiger partial charge in [-0.2, -0.15) is 0 Å². The smallest absolute Gasteiger partial charge is 0.270 e. The Morgan fingerprint density at radius 3 is 2.96 bits per heavy atom. The molecule has 5 nitrogen and oxygen atoms in total. The van der Waals surface area contributed by atoms with Crippen LogP contribution in [0, 0.1) is 5.92 Å². The summed E-state index contributed by atoms with van der Waals surface area (Å²) in [4.78, 5) is 27.7. The summed E-state index contributed by atoms with van der Waals surface area (Å²) in [6.45, 7) is 3.75. The minimum atomic E-state index is -0.387. The first kappa shape index (κ1) is 15.0. The molecule has 1 aliphatic carbocycles. The van der Waals surface area contributed by atoms with E-state index in [1.54, 1.807) is 30.4 Å². The highest BCUT2D eigenvalue weighted by atomic mass is 16.3. The number of allylic oxidation sites excluding steroid dienone is 3. The molecule has 2 aliphatic rings. The van der Waals surface area contributed by atoms with E-state index >= 15 is 0 Å². The minimum absolute atomic E-state index is 0.0420. The number of aliphatic imine (C=N–C) groups is 1. The van der Waals surface area contributed by atoms with Crippen LogP contribution in [0.1, 0.15) is 19.6 Å². The van der Waals surface area contributed by atoms with E-state index in [0.717, 1.165) is 16.8 Å². The van der Waals surface area contributed by atoms with Crippen LogP contribution in [-0.2, 0) is 9.59 Å². The zero-order chi connectivity index (χ0) is 16.4.